The number of hydrogen-bond acceptors (Lipinski definition) is 6. The Morgan fingerprint density at radius 3 is 2.42 bits per heavy atom. The number of aryl methyl sites for hydroxylation is 1. The Morgan fingerprint density at radius 2 is 1.73 bits per heavy atom. The first-order valence-electron chi connectivity index (χ1n) is 10.1. The maximum Gasteiger partial charge on any atom is 0.262 e. The molecule has 1 fully saturated rings. The second-order valence-electron chi connectivity index (χ2n) is 7.65. The number of hydrogen-bond donors (Lipinski definition) is 2. The van der Waals surface area contributed by atoms with E-state index in [-0.39, 0.29) is 35.4 Å². The minimum Gasteiger partial charge on any atom is -0.295 e. The van der Waals surface area contributed by atoms with E-state index in [1.165, 1.54) is 24.3 Å². The molecule has 0 radical (unpaired) electrons. The third kappa shape index (κ3) is 4.41. The standard InChI is InChI=1S/C23H19N3O6S/c1-14-4-7-16(8-5-14)33(31,32)24-12-2-3-15-6-9-17-18(13-15)23(30)26(22(17)29)19-10-11-20(27)25-21(19)28/h4-9,13,19,24H,10-12H2,1H3,(H,25,27,28). The van der Waals surface area contributed by atoms with Crippen LogP contribution in [0.15, 0.2) is 47.4 Å². The number of carbonyl (C=O) groups excluding carboxylic acids is 4. The molecule has 4 rings (SSSR count). The summed E-state index contributed by atoms with van der Waals surface area (Å²) in [4.78, 5) is 50.0. The Kier molecular flexibility index (Phi) is 5.84. The molecule has 1 saturated heterocycles. The van der Waals surface area contributed by atoms with Gasteiger partial charge in [-0.25, -0.2) is 8.42 Å². The number of imide groups is 2. The van der Waals surface area contributed by atoms with Gasteiger partial charge in [0.1, 0.15) is 6.04 Å². The van der Waals surface area contributed by atoms with Gasteiger partial charge in [0.15, 0.2) is 0 Å². The van der Waals surface area contributed by atoms with E-state index < -0.39 is 39.7 Å². The zero-order chi connectivity index (χ0) is 23.8. The smallest absolute Gasteiger partial charge is 0.262 e. The van der Waals surface area contributed by atoms with Crippen LogP contribution in [0, 0.1) is 18.8 Å². The highest BCUT2D eigenvalue weighted by atomic mass is 32.2. The van der Waals surface area contributed by atoms with Crippen molar-refractivity contribution in [2.24, 2.45) is 0 Å². The van der Waals surface area contributed by atoms with Gasteiger partial charge < -0.3 is 0 Å². The second kappa shape index (κ2) is 8.61. The van der Waals surface area contributed by atoms with E-state index in [9.17, 15) is 27.6 Å². The predicted octanol–water partition coefficient (Wildman–Crippen LogP) is 0.726. The minimum absolute atomic E-state index is 0.0407. The van der Waals surface area contributed by atoms with Crippen molar-refractivity contribution in [3.05, 3.63) is 64.7 Å². The first kappa shape index (κ1) is 22.4. The molecule has 2 aliphatic heterocycles. The number of sulfonamides is 1. The molecule has 2 aliphatic rings. The first-order valence-corrected chi connectivity index (χ1v) is 11.6. The van der Waals surface area contributed by atoms with Crippen molar-refractivity contribution in [3.63, 3.8) is 0 Å². The van der Waals surface area contributed by atoms with Crippen molar-refractivity contribution in [2.45, 2.75) is 30.7 Å². The van der Waals surface area contributed by atoms with E-state index in [2.05, 4.69) is 21.9 Å². The summed E-state index contributed by atoms with van der Waals surface area (Å²) >= 11 is 0. The van der Waals surface area contributed by atoms with Crippen LogP contribution in [0.2, 0.25) is 0 Å². The highest BCUT2D eigenvalue weighted by Crippen LogP contribution is 2.28. The average Bonchev–Trinajstić information content (AvgIpc) is 3.02. The monoisotopic (exact) mass is 465 g/mol. The molecular formula is C23H19N3O6S. The van der Waals surface area contributed by atoms with Gasteiger partial charge in [0.2, 0.25) is 21.8 Å². The highest BCUT2D eigenvalue weighted by molar-refractivity contribution is 7.89. The summed E-state index contributed by atoms with van der Waals surface area (Å²) in [5.41, 5.74) is 1.61. The summed E-state index contributed by atoms with van der Waals surface area (Å²) in [6.45, 7) is 1.71. The maximum atomic E-state index is 12.8. The van der Waals surface area contributed by atoms with Crippen LogP contribution >= 0.6 is 0 Å². The molecule has 10 heteroatoms. The molecule has 2 heterocycles. The maximum absolute atomic E-state index is 12.8. The van der Waals surface area contributed by atoms with Gasteiger partial charge in [0.25, 0.3) is 11.8 Å². The highest BCUT2D eigenvalue weighted by Gasteiger charge is 2.44. The van der Waals surface area contributed by atoms with Crippen LogP contribution in [0.25, 0.3) is 0 Å². The van der Waals surface area contributed by atoms with E-state index in [4.69, 9.17) is 0 Å². The third-order valence-electron chi connectivity index (χ3n) is 5.35. The Bertz CT molecular complexity index is 1350. The van der Waals surface area contributed by atoms with E-state index in [0.29, 0.717) is 5.56 Å². The van der Waals surface area contributed by atoms with Crippen LogP contribution in [0.4, 0.5) is 0 Å². The fourth-order valence-electron chi connectivity index (χ4n) is 3.63. The van der Waals surface area contributed by atoms with Crippen molar-refractivity contribution in [1.82, 2.24) is 14.9 Å². The Labute approximate surface area is 190 Å². The van der Waals surface area contributed by atoms with Crippen LogP contribution < -0.4 is 10.0 Å². The number of nitrogens with zero attached hydrogens (tertiary/aromatic N) is 1. The normalized spacial score (nSPS) is 18.0. The molecule has 2 N–H and O–H groups in total. The summed E-state index contributed by atoms with van der Waals surface area (Å²) in [6.07, 6.45) is 0.114. The number of rotatable bonds is 4. The van der Waals surface area contributed by atoms with Gasteiger partial charge in [-0.3, -0.25) is 29.4 Å². The van der Waals surface area contributed by atoms with E-state index in [1.807, 2.05) is 6.92 Å². The lowest BCUT2D eigenvalue weighted by molar-refractivity contribution is -0.136. The summed E-state index contributed by atoms with van der Waals surface area (Å²) in [5, 5.41) is 2.14. The Hall–Kier alpha value is -3.81. The van der Waals surface area contributed by atoms with Crippen LogP contribution in [0.1, 0.15) is 44.7 Å². The number of fused-ring (bicyclic) bond motifs is 1. The van der Waals surface area contributed by atoms with Gasteiger partial charge in [-0.1, -0.05) is 29.5 Å². The van der Waals surface area contributed by atoms with Gasteiger partial charge in [-0.15, -0.1) is 0 Å². The van der Waals surface area contributed by atoms with Crippen molar-refractivity contribution in [3.8, 4) is 11.8 Å². The Balaban J connectivity index is 1.47. The van der Waals surface area contributed by atoms with E-state index in [1.54, 1.807) is 18.2 Å². The lowest BCUT2D eigenvalue weighted by atomic mass is 10.0. The molecule has 2 aromatic rings. The molecule has 0 bridgehead atoms. The quantitative estimate of drug-likeness (QED) is 0.506. The molecule has 1 atom stereocenters. The zero-order valence-electron chi connectivity index (χ0n) is 17.5. The molecule has 1 unspecified atom stereocenters. The topological polar surface area (TPSA) is 130 Å². The van der Waals surface area contributed by atoms with Crippen molar-refractivity contribution >= 4 is 33.7 Å². The van der Waals surface area contributed by atoms with Gasteiger partial charge >= 0.3 is 0 Å². The molecule has 4 amide bonds. The molecule has 9 nitrogen and oxygen atoms in total. The number of amides is 4. The fourth-order valence-corrected chi connectivity index (χ4v) is 4.55. The summed E-state index contributed by atoms with van der Waals surface area (Å²) in [7, 11) is -3.71. The van der Waals surface area contributed by atoms with Gasteiger partial charge in [0.05, 0.1) is 22.6 Å². The lowest BCUT2D eigenvalue weighted by Crippen LogP contribution is -2.54. The second-order valence-corrected chi connectivity index (χ2v) is 9.41. The zero-order valence-corrected chi connectivity index (χ0v) is 18.4. The molecule has 168 valence electrons. The van der Waals surface area contributed by atoms with E-state index in [0.717, 1.165) is 10.5 Å². The molecule has 2 aromatic carbocycles. The van der Waals surface area contributed by atoms with Gasteiger partial charge in [-0.2, -0.15) is 4.72 Å². The number of piperidine rings is 1. The average molecular weight is 465 g/mol. The molecular weight excluding hydrogens is 446 g/mol. The molecule has 0 aliphatic carbocycles. The fraction of sp³-hybridized carbons (Fsp3) is 0.217. The minimum atomic E-state index is -3.71. The number of carbonyl (C=O) groups is 4. The Morgan fingerprint density at radius 1 is 1.03 bits per heavy atom. The van der Waals surface area contributed by atoms with Crippen molar-refractivity contribution in [1.29, 1.82) is 0 Å². The summed E-state index contributed by atoms with van der Waals surface area (Å²) in [5.74, 6) is 3.11. The molecule has 0 aromatic heterocycles. The van der Waals surface area contributed by atoms with Crippen molar-refractivity contribution < 1.29 is 27.6 Å². The van der Waals surface area contributed by atoms with Gasteiger partial charge in [-0.05, 0) is 43.7 Å². The predicted molar refractivity (Wildman–Crippen MR) is 116 cm³/mol. The number of nitrogens with one attached hydrogen (secondary N) is 2. The number of benzene rings is 2. The van der Waals surface area contributed by atoms with Crippen LogP contribution in [-0.2, 0) is 19.6 Å². The van der Waals surface area contributed by atoms with Crippen LogP contribution in [0.5, 0.6) is 0 Å². The SMILES string of the molecule is Cc1ccc(S(=O)(=O)NCC#Cc2ccc3c(c2)C(=O)N(C2CCC(=O)NC2=O)C3=O)cc1. The lowest BCUT2D eigenvalue weighted by Gasteiger charge is -2.27. The summed E-state index contributed by atoms with van der Waals surface area (Å²) < 4.78 is 27.0. The van der Waals surface area contributed by atoms with Gasteiger partial charge in [0, 0.05) is 12.0 Å². The van der Waals surface area contributed by atoms with Crippen LogP contribution in [0.3, 0.4) is 0 Å². The molecule has 0 saturated carbocycles. The summed E-state index contributed by atoms with van der Waals surface area (Å²) in [6, 6.07) is 9.78. The van der Waals surface area contributed by atoms with Crippen molar-refractivity contribution in [2.75, 3.05) is 6.54 Å². The van der Waals surface area contributed by atoms with Crippen LogP contribution in [-0.4, -0.2) is 49.5 Å². The molecule has 0 spiro atoms. The third-order valence-corrected chi connectivity index (χ3v) is 6.77. The molecule has 33 heavy (non-hydrogen) atoms. The first-order chi connectivity index (χ1) is 15.7. The van der Waals surface area contributed by atoms with E-state index >= 15 is 0 Å². The largest absolute Gasteiger partial charge is 0.295 e.